The fourth-order valence-corrected chi connectivity index (χ4v) is 3.47. The summed E-state index contributed by atoms with van der Waals surface area (Å²) in [6, 6.07) is 3.02. The first-order chi connectivity index (χ1) is 9.55. The zero-order valence-electron chi connectivity index (χ0n) is 11.2. The van der Waals surface area contributed by atoms with Gasteiger partial charge in [-0.05, 0) is 52.7 Å². The van der Waals surface area contributed by atoms with E-state index in [1.807, 2.05) is 4.90 Å². The van der Waals surface area contributed by atoms with Crippen LogP contribution in [0.25, 0.3) is 0 Å². The van der Waals surface area contributed by atoms with Crippen LogP contribution in [0.3, 0.4) is 0 Å². The second-order valence-corrected chi connectivity index (χ2v) is 6.38. The molecule has 1 aliphatic carbocycles. The van der Waals surface area contributed by atoms with E-state index < -0.39 is 0 Å². The maximum atomic E-state index is 13.8. The molecule has 20 heavy (non-hydrogen) atoms. The number of halogens is 2. The minimum Gasteiger partial charge on any atom is -0.469 e. The van der Waals surface area contributed by atoms with Gasteiger partial charge < -0.3 is 9.64 Å². The van der Waals surface area contributed by atoms with Crippen molar-refractivity contribution in [1.82, 2.24) is 4.98 Å². The number of hydrogen-bond donors (Lipinski definition) is 0. The van der Waals surface area contributed by atoms with Crippen LogP contribution in [0, 0.1) is 17.2 Å². The molecule has 0 amide bonds. The molecule has 2 heterocycles. The molecule has 1 unspecified atom stereocenters. The SMILES string of the molecule is COC(=O)C1CC12CCN(c1nc(Br)ccc1F)CC2. The van der Waals surface area contributed by atoms with E-state index in [1.54, 1.807) is 6.07 Å². The summed E-state index contributed by atoms with van der Waals surface area (Å²) in [5.74, 6) is 0.0223. The van der Waals surface area contributed by atoms with Gasteiger partial charge in [-0.2, -0.15) is 0 Å². The molecule has 1 aromatic heterocycles. The summed E-state index contributed by atoms with van der Waals surface area (Å²) in [5.41, 5.74) is 0.0894. The fourth-order valence-electron chi connectivity index (χ4n) is 3.17. The quantitative estimate of drug-likeness (QED) is 0.612. The number of rotatable bonds is 2. The number of carbonyl (C=O) groups is 1. The summed E-state index contributed by atoms with van der Waals surface area (Å²) >= 11 is 3.27. The Labute approximate surface area is 125 Å². The molecule has 1 spiro atoms. The van der Waals surface area contributed by atoms with Crippen LogP contribution in [0.5, 0.6) is 0 Å². The van der Waals surface area contributed by atoms with Crippen molar-refractivity contribution in [2.45, 2.75) is 19.3 Å². The van der Waals surface area contributed by atoms with Crippen LogP contribution in [-0.4, -0.2) is 31.2 Å². The molecule has 0 radical (unpaired) electrons. The van der Waals surface area contributed by atoms with Crippen molar-refractivity contribution in [3.05, 3.63) is 22.6 Å². The number of pyridine rings is 1. The molecular formula is C14H16BrFN2O2. The van der Waals surface area contributed by atoms with Gasteiger partial charge in [-0.25, -0.2) is 9.37 Å². The second kappa shape index (κ2) is 4.98. The maximum absolute atomic E-state index is 13.8. The van der Waals surface area contributed by atoms with Crippen molar-refractivity contribution in [1.29, 1.82) is 0 Å². The third-order valence-corrected chi connectivity index (χ3v) is 4.97. The molecule has 1 atom stereocenters. The van der Waals surface area contributed by atoms with E-state index in [9.17, 15) is 9.18 Å². The van der Waals surface area contributed by atoms with Crippen molar-refractivity contribution < 1.29 is 13.9 Å². The number of nitrogens with zero attached hydrogens (tertiary/aromatic N) is 2. The lowest BCUT2D eigenvalue weighted by molar-refractivity contribution is -0.143. The third-order valence-electron chi connectivity index (χ3n) is 4.53. The first-order valence-electron chi connectivity index (χ1n) is 6.70. The summed E-state index contributed by atoms with van der Waals surface area (Å²) in [6.45, 7) is 1.46. The van der Waals surface area contributed by atoms with E-state index in [2.05, 4.69) is 20.9 Å². The van der Waals surface area contributed by atoms with E-state index >= 15 is 0 Å². The number of ether oxygens (including phenoxy) is 1. The highest BCUT2D eigenvalue weighted by molar-refractivity contribution is 9.10. The van der Waals surface area contributed by atoms with Gasteiger partial charge in [0.2, 0.25) is 0 Å². The average Bonchev–Trinajstić information content (AvgIpc) is 3.15. The minimum absolute atomic E-state index is 0.0370. The summed E-state index contributed by atoms with van der Waals surface area (Å²) in [4.78, 5) is 17.8. The lowest BCUT2D eigenvalue weighted by atomic mass is 9.91. The Morgan fingerprint density at radius 1 is 1.50 bits per heavy atom. The van der Waals surface area contributed by atoms with Crippen molar-refractivity contribution in [2.75, 3.05) is 25.1 Å². The Balaban J connectivity index is 1.68. The molecule has 0 bridgehead atoms. The van der Waals surface area contributed by atoms with Crippen molar-refractivity contribution in [3.8, 4) is 0 Å². The maximum Gasteiger partial charge on any atom is 0.309 e. The number of esters is 1. The summed E-state index contributed by atoms with van der Waals surface area (Å²) in [6.07, 6.45) is 2.68. The Bertz CT molecular complexity index is 544. The average molecular weight is 343 g/mol. The Morgan fingerprint density at radius 2 is 2.20 bits per heavy atom. The standard InChI is InChI=1S/C14H16BrFN2O2/c1-20-13(19)9-8-14(9)4-6-18(7-5-14)12-10(16)2-3-11(15)17-12/h2-3,9H,4-8H2,1H3. The monoisotopic (exact) mass is 342 g/mol. The van der Waals surface area contributed by atoms with Gasteiger partial charge >= 0.3 is 5.97 Å². The van der Waals surface area contributed by atoms with Gasteiger partial charge in [0.05, 0.1) is 13.0 Å². The Kier molecular flexibility index (Phi) is 3.44. The highest BCUT2D eigenvalue weighted by atomic mass is 79.9. The zero-order valence-corrected chi connectivity index (χ0v) is 12.8. The topological polar surface area (TPSA) is 42.4 Å². The Hall–Kier alpha value is -1.17. The molecule has 3 rings (SSSR count). The zero-order chi connectivity index (χ0) is 14.3. The van der Waals surface area contributed by atoms with E-state index in [4.69, 9.17) is 4.74 Å². The number of anilines is 1. The van der Waals surface area contributed by atoms with Gasteiger partial charge in [-0.3, -0.25) is 4.79 Å². The highest BCUT2D eigenvalue weighted by Gasteiger charge is 2.59. The number of piperidine rings is 1. The van der Waals surface area contributed by atoms with Gasteiger partial charge in [0.15, 0.2) is 11.6 Å². The number of aromatic nitrogens is 1. The molecule has 108 valence electrons. The van der Waals surface area contributed by atoms with Crippen LogP contribution in [0.2, 0.25) is 0 Å². The van der Waals surface area contributed by atoms with Gasteiger partial charge in [-0.15, -0.1) is 0 Å². The molecule has 1 saturated carbocycles. The number of carbonyl (C=O) groups excluding carboxylic acids is 1. The van der Waals surface area contributed by atoms with Crippen LogP contribution in [-0.2, 0) is 9.53 Å². The predicted molar refractivity (Wildman–Crippen MR) is 75.9 cm³/mol. The van der Waals surface area contributed by atoms with E-state index in [0.717, 1.165) is 32.4 Å². The molecular weight excluding hydrogens is 327 g/mol. The van der Waals surface area contributed by atoms with Gasteiger partial charge in [0.1, 0.15) is 4.60 Å². The Morgan fingerprint density at radius 3 is 2.85 bits per heavy atom. The van der Waals surface area contributed by atoms with Crippen molar-refractivity contribution in [3.63, 3.8) is 0 Å². The lowest BCUT2D eigenvalue weighted by Gasteiger charge is -2.33. The lowest BCUT2D eigenvalue weighted by Crippen LogP contribution is -2.37. The normalized spacial score (nSPS) is 23.8. The molecule has 6 heteroatoms. The molecule has 0 aromatic carbocycles. The molecule has 0 N–H and O–H groups in total. The number of hydrogen-bond acceptors (Lipinski definition) is 4. The van der Waals surface area contributed by atoms with Gasteiger partial charge in [0, 0.05) is 13.1 Å². The van der Waals surface area contributed by atoms with E-state index in [0.29, 0.717) is 10.4 Å². The van der Waals surface area contributed by atoms with Gasteiger partial charge in [-0.1, -0.05) is 0 Å². The first-order valence-corrected chi connectivity index (χ1v) is 7.50. The largest absolute Gasteiger partial charge is 0.469 e. The molecule has 1 saturated heterocycles. The highest BCUT2D eigenvalue weighted by Crippen LogP contribution is 2.59. The van der Waals surface area contributed by atoms with Crippen LogP contribution in [0.1, 0.15) is 19.3 Å². The molecule has 2 fully saturated rings. The van der Waals surface area contributed by atoms with Crippen molar-refractivity contribution >= 4 is 27.7 Å². The van der Waals surface area contributed by atoms with E-state index in [1.165, 1.54) is 13.2 Å². The number of methoxy groups -OCH3 is 1. The first kappa shape index (κ1) is 13.8. The van der Waals surface area contributed by atoms with Crippen molar-refractivity contribution in [2.24, 2.45) is 11.3 Å². The third kappa shape index (κ3) is 2.30. The molecule has 1 aliphatic heterocycles. The molecule has 1 aromatic rings. The minimum atomic E-state index is -0.301. The van der Waals surface area contributed by atoms with Crippen LogP contribution in [0.4, 0.5) is 10.2 Å². The van der Waals surface area contributed by atoms with Crippen LogP contribution >= 0.6 is 15.9 Å². The summed E-state index contributed by atoms with van der Waals surface area (Å²) in [7, 11) is 1.43. The van der Waals surface area contributed by atoms with Crippen LogP contribution < -0.4 is 4.90 Å². The second-order valence-electron chi connectivity index (χ2n) is 5.57. The van der Waals surface area contributed by atoms with Crippen LogP contribution in [0.15, 0.2) is 16.7 Å². The smallest absolute Gasteiger partial charge is 0.309 e. The summed E-state index contributed by atoms with van der Waals surface area (Å²) in [5, 5.41) is 0. The molecule has 4 nitrogen and oxygen atoms in total. The van der Waals surface area contributed by atoms with Gasteiger partial charge in [0.25, 0.3) is 0 Å². The predicted octanol–water partition coefficient (Wildman–Crippen LogP) is 2.76. The summed E-state index contributed by atoms with van der Waals surface area (Å²) < 4.78 is 19.3. The fraction of sp³-hybridized carbons (Fsp3) is 0.571. The molecule has 2 aliphatic rings. The van der Waals surface area contributed by atoms with E-state index in [-0.39, 0.29) is 23.1 Å².